The zero-order valence-electron chi connectivity index (χ0n) is 16.8. The summed E-state index contributed by atoms with van der Waals surface area (Å²) in [5.74, 6) is 0.299. The van der Waals surface area contributed by atoms with E-state index in [0.29, 0.717) is 22.6 Å². The van der Waals surface area contributed by atoms with E-state index >= 15 is 0 Å². The first-order valence-corrected chi connectivity index (χ1v) is 10.6. The van der Waals surface area contributed by atoms with Crippen LogP contribution in [-0.4, -0.2) is 24.4 Å². The Hall–Kier alpha value is -3.00. The van der Waals surface area contributed by atoms with E-state index in [1.165, 1.54) is 15.9 Å². The maximum atomic E-state index is 12.3. The van der Waals surface area contributed by atoms with E-state index in [0.717, 1.165) is 35.5 Å². The number of nitrogens with one attached hydrogen (secondary N) is 1. The lowest BCUT2D eigenvalue weighted by molar-refractivity contribution is 0.763. The molecule has 1 aromatic carbocycles. The normalized spacial score (nSPS) is 11.4. The Morgan fingerprint density at radius 2 is 1.97 bits per heavy atom. The first-order valence-electron chi connectivity index (χ1n) is 9.82. The third kappa shape index (κ3) is 4.07. The van der Waals surface area contributed by atoms with Crippen LogP contribution in [-0.2, 0) is 13.0 Å². The van der Waals surface area contributed by atoms with E-state index in [1.54, 1.807) is 6.07 Å². The van der Waals surface area contributed by atoms with Gasteiger partial charge >= 0.3 is 0 Å². The van der Waals surface area contributed by atoms with Gasteiger partial charge in [0.2, 0.25) is 10.1 Å². The number of rotatable bonds is 7. The first-order chi connectivity index (χ1) is 14.0. The predicted octanol–water partition coefficient (Wildman–Crippen LogP) is 4.02. The average Bonchev–Trinajstić information content (AvgIpc) is 3.32. The summed E-state index contributed by atoms with van der Waals surface area (Å²) in [6.45, 7) is 6.93. The van der Waals surface area contributed by atoms with Crippen molar-refractivity contribution in [3.8, 4) is 5.69 Å². The minimum atomic E-state index is -0.137. The lowest BCUT2D eigenvalue weighted by atomic mass is 10.1. The summed E-state index contributed by atoms with van der Waals surface area (Å²) in [7, 11) is 0. The van der Waals surface area contributed by atoms with Crippen molar-refractivity contribution in [1.82, 2.24) is 24.4 Å². The molecule has 0 spiro atoms. The Morgan fingerprint density at radius 1 is 1.17 bits per heavy atom. The molecule has 0 saturated heterocycles. The highest BCUT2D eigenvalue weighted by molar-refractivity contribution is 7.20. The van der Waals surface area contributed by atoms with Gasteiger partial charge in [0.25, 0.3) is 5.56 Å². The zero-order valence-corrected chi connectivity index (χ0v) is 17.6. The van der Waals surface area contributed by atoms with Crippen molar-refractivity contribution in [3.05, 3.63) is 69.9 Å². The molecule has 8 heteroatoms. The van der Waals surface area contributed by atoms with Crippen LogP contribution in [0, 0.1) is 0 Å². The summed E-state index contributed by atoms with van der Waals surface area (Å²) in [5, 5.41) is 13.2. The van der Waals surface area contributed by atoms with Gasteiger partial charge in [-0.1, -0.05) is 56.7 Å². The second-order valence-electron chi connectivity index (χ2n) is 7.27. The highest BCUT2D eigenvalue weighted by Gasteiger charge is 2.15. The van der Waals surface area contributed by atoms with E-state index < -0.39 is 0 Å². The third-order valence-electron chi connectivity index (χ3n) is 4.62. The first kappa shape index (κ1) is 19.3. The van der Waals surface area contributed by atoms with Crippen LogP contribution in [0.15, 0.2) is 47.4 Å². The fourth-order valence-electron chi connectivity index (χ4n) is 3.24. The molecule has 1 N–H and O–H groups in total. The van der Waals surface area contributed by atoms with Gasteiger partial charge in [0.1, 0.15) is 0 Å². The van der Waals surface area contributed by atoms with Crippen molar-refractivity contribution in [2.45, 2.75) is 46.1 Å². The maximum absolute atomic E-state index is 12.3. The van der Waals surface area contributed by atoms with Crippen LogP contribution in [0.2, 0.25) is 0 Å². The molecule has 4 rings (SSSR count). The molecule has 0 aliphatic rings. The van der Waals surface area contributed by atoms with Gasteiger partial charge in [0.15, 0.2) is 0 Å². The van der Waals surface area contributed by atoms with E-state index in [-0.39, 0.29) is 5.56 Å². The number of anilines is 1. The summed E-state index contributed by atoms with van der Waals surface area (Å²) in [4.78, 5) is 17.5. The lowest BCUT2D eigenvalue weighted by Crippen LogP contribution is -2.15. The Balaban J connectivity index is 1.59. The van der Waals surface area contributed by atoms with Gasteiger partial charge in [0.05, 0.1) is 11.4 Å². The highest BCUT2D eigenvalue weighted by atomic mass is 32.1. The lowest BCUT2D eigenvalue weighted by Gasteiger charge is -2.05. The third-order valence-corrected chi connectivity index (χ3v) is 5.49. The minimum Gasteiger partial charge on any atom is -0.356 e. The standard InChI is InChI=1S/C21H24N6OS/c1-4-8-16-11-18(28)27-21(23-16)29-20(25-27)22-12-15-13-26(24-19(15)14(2)3)17-9-6-5-7-10-17/h5-7,9-11,13-14H,4,8,12H2,1-3H3,(H,22,25). The molecule has 3 heterocycles. The summed E-state index contributed by atoms with van der Waals surface area (Å²) in [6.07, 6.45) is 3.80. The van der Waals surface area contributed by atoms with Gasteiger partial charge < -0.3 is 5.32 Å². The topological polar surface area (TPSA) is 77.1 Å². The van der Waals surface area contributed by atoms with Crippen LogP contribution >= 0.6 is 11.3 Å². The molecule has 0 unspecified atom stereocenters. The Morgan fingerprint density at radius 3 is 2.69 bits per heavy atom. The van der Waals surface area contributed by atoms with Crippen LogP contribution in [0.1, 0.15) is 50.1 Å². The SMILES string of the molecule is CCCc1cc(=O)n2nc(NCc3cn(-c4ccccc4)nc3C(C)C)sc2n1. The summed E-state index contributed by atoms with van der Waals surface area (Å²) in [5.41, 5.74) is 3.86. The van der Waals surface area contributed by atoms with Crippen molar-refractivity contribution in [2.24, 2.45) is 0 Å². The van der Waals surface area contributed by atoms with Crippen LogP contribution in [0.4, 0.5) is 5.13 Å². The molecular weight excluding hydrogens is 384 g/mol. The molecule has 0 saturated carbocycles. The molecular formula is C21H24N6OS. The molecule has 0 aliphatic carbocycles. The summed E-state index contributed by atoms with van der Waals surface area (Å²) < 4.78 is 3.27. The zero-order chi connectivity index (χ0) is 20.4. The van der Waals surface area contributed by atoms with Crippen molar-refractivity contribution < 1.29 is 0 Å². The Labute approximate surface area is 173 Å². The summed E-state index contributed by atoms with van der Waals surface area (Å²) >= 11 is 1.39. The summed E-state index contributed by atoms with van der Waals surface area (Å²) in [6, 6.07) is 11.6. The molecule has 0 bridgehead atoms. The molecule has 0 atom stereocenters. The number of hydrogen-bond acceptors (Lipinski definition) is 6. The van der Waals surface area contributed by atoms with Crippen LogP contribution in [0.25, 0.3) is 10.6 Å². The number of benzene rings is 1. The largest absolute Gasteiger partial charge is 0.356 e. The van der Waals surface area contributed by atoms with E-state index in [2.05, 4.69) is 42.4 Å². The molecule has 4 aromatic rings. The monoisotopic (exact) mass is 408 g/mol. The molecule has 150 valence electrons. The molecule has 3 aromatic heterocycles. The number of aryl methyl sites for hydroxylation is 1. The van der Waals surface area contributed by atoms with Crippen LogP contribution in [0.5, 0.6) is 0 Å². The number of para-hydroxylation sites is 1. The molecule has 0 aliphatic heterocycles. The van der Waals surface area contributed by atoms with Crippen molar-refractivity contribution in [1.29, 1.82) is 0 Å². The van der Waals surface area contributed by atoms with E-state index in [4.69, 9.17) is 5.10 Å². The second kappa shape index (κ2) is 8.16. The second-order valence-corrected chi connectivity index (χ2v) is 8.22. The Kier molecular flexibility index (Phi) is 5.44. The Bertz CT molecular complexity index is 1180. The highest BCUT2D eigenvalue weighted by Crippen LogP contribution is 2.23. The quantitative estimate of drug-likeness (QED) is 0.500. The van der Waals surface area contributed by atoms with Gasteiger partial charge in [0, 0.05) is 30.1 Å². The fraction of sp³-hybridized carbons (Fsp3) is 0.333. The number of fused-ring (bicyclic) bond motifs is 1. The van der Waals surface area contributed by atoms with Gasteiger partial charge in [-0.3, -0.25) is 4.79 Å². The van der Waals surface area contributed by atoms with Gasteiger partial charge in [-0.2, -0.15) is 9.61 Å². The average molecular weight is 409 g/mol. The predicted molar refractivity (Wildman–Crippen MR) is 116 cm³/mol. The van der Waals surface area contributed by atoms with Gasteiger partial charge in [-0.15, -0.1) is 5.10 Å². The van der Waals surface area contributed by atoms with Gasteiger partial charge in [-0.25, -0.2) is 9.67 Å². The molecule has 0 amide bonds. The number of nitrogens with zero attached hydrogens (tertiary/aromatic N) is 5. The van der Waals surface area contributed by atoms with Crippen molar-refractivity contribution in [2.75, 3.05) is 5.32 Å². The maximum Gasteiger partial charge on any atom is 0.275 e. The van der Waals surface area contributed by atoms with Gasteiger partial charge in [-0.05, 0) is 24.5 Å². The minimum absolute atomic E-state index is 0.137. The van der Waals surface area contributed by atoms with Crippen molar-refractivity contribution >= 4 is 21.4 Å². The van der Waals surface area contributed by atoms with Crippen molar-refractivity contribution in [3.63, 3.8) is 0 Å². The van der Waals surface area contributed by atoms with E-state index in [9.17, 15) is 4.79 Å². The fourth-order valence-corrected chi connectivity index (χ4v) is 4.06. The molecule has 0 radical (unpaired) electrons. The number of hydrogen-bond donors (Lipinski definition) is 1. The smallest absolute Gasteiger partial charge is 0.275 e. The van der Waals surface area contributed by atoms with Crippen LogP contribution in [0.3, 0.4) is 0 Å². The molecule has 29 heavy (non-hydrogen) atoms. The molecule has 0 fully saturated rings. The van der Waals surface area contributed by atoms with Crippen LogP contribution < -0.4 is 10.9 Å². The van der Waals surface area contributed by atoms with E-state index in [1.807, 2.05) is 35.0 Å². The number of aromatic nitrogens is 5. The molecule has 7 nitrogen and oxygen atoms in total.